The van der Waals surface area contributed by atoms with E-state index in [-0.39, 0.29) is 11.9 Å². The average Bonchev–Trinajstić information content (AvgIpc) is 2.74. The summed E-state index contributed by atoms with van der Waals surface area (Å²) in [7, 11) is 3.82. The molecule has 1 aromatic carbocycles. The Morgan fingerprint density at radius 2 is 2.05 bits per heavy atom. The van der Waals surface area contributed by atoms with Crippen LogP contribution in [0.25, 0.3) is 0 Å². The van der Waals surface area contributed by atoms with Gasteiger partial charge in [-0.2, -0.15) is 5.10 Å². The Balaban J connectivity index is 2.36. The zero-order valence-corrected chi connectivity index (χ0v) is 15.4. The van der Waals surface area contributed by atoms with Crippen LogP contribution in [0.15, 0.2) is 27.1 Å². The van der Waals surface area contributed by atoms with Gasteiger partial charge in [-0.3, -0.25) is 4.68 Å². The summed E-state index contributed by atoms with van der Waals surface area (Å²) in [6.45, 7) is 2.08. The molecule has 114 valence electrons. The summed E-state index contributed by atoms with van der Waals surface area (Å²) in [5, 5.41) is 7.76. The molecule has 3 nitrogen and oxygen atoms in total. The van der Waals surface area contributed by atoms with Crippen LogP contribution >= 0.6 is 31.9 Å². The zero-order valence-electron chi connectivity index (χ0n) is 12.3. The number of rotatable bonds is 5. The predicted molar refractivity (Wildman–Crippen MR) is 89.9 cm³/mol. The van der Waals surface area contributed by atoms with E-state index in [4.69, 9.17) is 0 Å². The van der Waals surface area contributed by atoms with Crippen molar-refractivity contribution in [1.29, 1.82) is 0 Å². The van der Waals surface area contributed by atoms with E-state index < -0.39 is 0 Å². The molecular formula is C15H18Br2FN3. The lowest BCUT2D eigenvalue weighted by Crippen LogP contribution is -2.21. The minimum atomic E-state index is -0.244. The number of likely N-dealkylation sites (N-methyl/N-ethyl adjacent to an activating group) is 1. The Labute approximate surface area is 141 Å². The van der Waals surface area contributed by atoms with Gasteiger partial charge in [0.15, 0.2) is 0 Å². The van der Waals surface area contributed by atoms with E-state index in [9.17, 15) is 4.39 Å². The third-order valence-electron chi connectivity index (χ3n) is 3.61. The monoisotopic (exact) mass is 417 g/mol. The topological polar surface area (TPSA) is 29.9 Å². The van der Waals surface area contributed by atoms with E-state index in [2.05, 4.69) is 49.2 Å². The van der Waals surface area contributed by atoms with E-state index in [0.717, 1.165) is 34.3 Å². The molecule has 1 N–H and O–H groups in total. The van der Waals surface area contributed by atoms with Gasteiger partial charge in [0, 0.05) is 19.5 Å². The van der Waals surface area contributed by atoms with Gasteiger partial charge < -0.3 is 5.32 Å². The molecule has 0 saturated carbocycles. The van der Waals surface area contributed by atoms with Gasteiger partial charge in [-0.15, -0.1) is 0 Å². The first kappa shape index (κ1) is 16.6. The molecule has 2 aromatic rings. The Morgan fingerprint density at radius 3 is 2.62 bits per heavy atom. The highest BCUT2D eigenvalue weighted by Gasteiger charge is 2.20. The maximum Gasteiger partial charge on any atom is 0.137 e. The number of benzene rings is 1. The van der Waals surface area contributed by atoms with E-state index in [1.807, 2.05) is 24.8 Å². The van der Waals surface area contributed by atoms with E-state index in [1.165, 1.54) is 6.07 Å². The molecule has 0 radical (unpaired) electrons. The average molecular weight is 419 g/mol. The number of nitrogens with zero attached hydrogens (tertiary/aromatic N) is 2. The summed E-state index contributed by atoms with van der Waals surface area (Å²) < 4.78 is 17.2. The van der Waals surface area contributed by atoms with Crippen LogP contribution in [-0.2, 0) is 19.9 Å². The first-order valence-corrected chi connectivity index (χ1v) is 8.39. The molecule has 21 heavy (non-hydrogen) atoms. The summed E-state index contributed by atoms with van der Waals surface area (Å²) in [6, 6.07) is 5.12. The van der Waals surface area contributed by atoms with Crippen molar-refractivity contribution in [1.82, 2.24) is 15.1 Å². The maximum atomic E-state index is 13.7. The Morgan fingerprint density at radius 1 is 1.33 bits per heavy atom. The van der Waals surface area contributed by atoms with Crippen molar-refractivity contribution >= 4 is 31.9 Å². The van der Waals surface area contributed by atoms with Gasteiger partial charge in [-0.25, -0.2) is 4.39 Å². The number of aryl methyl sites for hydroxylation is 2. The fourth-order valence-electron chi connectivity index (χ4n) is 2.39. The van der Waals surface area contributed by atoms with Crippen LogP contribution in [0.4, 0.5) is 4.39 Å². The number of aromatic nitrogens is 2. The van der Waals surface area contributed by atoms with Crippen molar-refractivity contribution in [3.05, 3.63) is 49.9 Å². The Kier molecular flexibility index (Phi) is 5.57. The normalized spacial score (nSPS) is 12.7. The first-order valence-electron chi connectivity index (χ1n) is 6.81. The summed E-state index contributed by atoms with van der Waals surface area (Å²) in [5.74, 6) is -0.244. The molecule has 0 aliphatic rings. The van der Waals surface area contributed by atoms with Gasteiger partial charge in [0.2, 0.25) is 0 Å². The molecule has 0 aliphatic carbocycles. The highest BCUT2D eigenvalue weighted by Crippen LogP contribution is 2.31. The molecule has 0 bridgehead atoms. The van der Waals surface area contributed by atoms with Crippen molar-refractivity contribution < 1.29 is 4.39 Å². The van der Waals surface area contributed by atoms with Crippen molar-refractivity contribution in [2.24, 2.45) is 7.05 Å². The number of hydrogen-bond acceptors (Lipinski definition) is 2. The van der Waals surface area contributed by atoms with E-state index in [0.29, 0.717) is 4.47 Å². The standard InChI is InChI=1S/C15H18Br2FN3/c1-4-11-15(17)13(21(3)20-11)8-12(19-2)9-6-5-7-10(18)14(9)16/h5-7,12,19H,4,8H2,1-3H3. The Hall–Kier alpha value is -0.720. The second-order valence-corrected chi connectivity index (χ2v) is 6.46. The molecule has 1 unspecified atom stereocenters. The fraction of sp³-hybridized carbons (Fsp3) is 0.400. The number of nitrogens with one attached hydrogen (secondary N) is 1. The number of halogens is 3. The van der Waals surface area contributed by atoms with Gasteiger partial charge in [0.25, 0.3) is 0 Å². The van der Waals surface area contributed by atoms with Crippen molar-refractivity contribution in [3.8, 4) is 0 Å². The first-order chi connectivity index (χ1) is 9.99. The van der Waals surface area contributed by atoms with Crippen molar-refractivity contribution in [3.63, 3.8) is 0 Å². The molecule has 0 amide bonds. The van der Waals surface area contributed by atoms with Crippen LogP contribution in [-0.4, -0.2) is 16.8 Å². The highest BCUT2D eigenvalue weighted by atomic mass is 79.9. The van der Waals surface area contributed by atoms with Crippen LogP contribution in [0.1, 0.15) is 29.9 Å². The molecule has 0 fully saturated rings. The van der Waals surface area contributed by atoms with E-state index in [1.54, 1.807) is 6.07 Å². The van der Waals surface area contributed by atoms with Crippen LogP contribution in [0.5, 0.6) is 0 Å². The van der Waals surface area contributed by atoms with Gasteiger partial charge in [-0.05, 0) is 57.0 Å². The largest absolute Gasteiger partial charge is 0.313 e. The van der Waals surface area contributed by atoms with Gasteiger partial charge in [0.1, 0.15) is 5.82 Å². The lowest BCUT2D eigenvalue weighted by atomic mass is 10.0. The molecule has 2 rings (SSSR count). The molecule has 6 heteroatoms. The second-order valence-electron chi connectivity index (χ2n) is 4.87. The highest BCUT2D eigenvalue weighted by molar-refractivity contribution is 9.10. The van der Waals surface area contributed by atoms with E-state index >= 15 is 0 Å². The van der Waals surface area contributed by atoms with Gasteiger partial charge >= 0.3 is 0 Å². The zero-order chi connectivity index (χ0) is 15.6. The van der Waals surface area contributed by atoms with Crippen molar-refractivity contribution in [2.75, 3.05) is 7.05 Å². The minimum absolute atomic E-state index is 0.00600. The van der Waals surface area contributed by atoms with Crippen molar-refractivity contribution in [2.45, 2.75) is 25.8 Å². The quantitative estimate of drug-likeness (QED) is 0.790. The molecule has 0 aliphatic heterocycles. The molecule has 1 heterocycles. The van der Waals surface area contributed by atoms with Crippen LogP contribution in [0.2, 0.25) is 0 Å². The summed E-state index contributed by atoms with van der Waals surface area (Å²) in [4.78, 5) is 0. The predicted octanol–water partition coefficient (Wildman–Crippen LogP) is 4.15. The summed E-state index contributed by atoms with van der Waals surface area (Å²) >= 11 is 6.97. The second kappa shape index (κ2) is 7.03. The van der Waals surface area contributed by atoms with Crippen LogP contribution in [0.3, 0.4) is 0 Å². The van der Waals surface area contributed by atoms with Gasteiger partial charge in [-0.1, -0.05) is 19.1 Å². The maximum absolute atomic E-state index is 13.7. The SMILES string of the molecule is CCc1nn(C)c(CC(NC)c2cccc(F)c2Br)c1Br. The lowest BCUT2D eigenvalue weighted by molar-refractivity contribution is 0.548. The summed E-state index contributed by atoms with van der Waals surface area (Å²) in [6.07, 6.45) is 1.60. The lowest BCUT2D eigenvalue weighted by Gasteiger charge is -2.19. The molecule has 1 aromatic heterocycles. The molecular weight excluding hydrogens is 401 g/mol. The number of hydrogen-bond donors (Lipinski definition) is 1. The molecule has 1 atom stereocenters. The van der Waals surface area contributed by atoms with Crippen LogP contribution in [0, 0.1) is 5.82 Å². The Bertz CT molecular complexity index is 640. The summed E-state index contributed by atoms with van der Waals surface area (Å²) in [5.41, 5.74) is 3.05. The fourth-order valence-corrected chi connectivity index (χ4v) is 3.71. The van der Waals surface area contributed by atoms with Gasteiger partial charge in [0.05, 0.1) is 20.3 Å². The third kappa shape index (κ3) is 3.38. The smallest absolute Gasteiger partial charge is 0.137 e. The minimum Gasteiger partial charge on any atom is -0.313 e. The third-order valence-corrected chi connectivity index (χ3v) is 5.36. The molecule has 0 spiro atoms. The van der Waals surface area contributed by atoms with Crippen LogP contribution < -0.4 is 5.32 Å². The molecule has 0 saturated heterocycles.